The molecule has 0 heterocycles. The molecule has 2 nitrogen and oxygen atoms in total. The van der Waals surface area contributed by atoms with E-state index in [0.717, 1.165) is 16.8 Å². The van der Waals surface area contributed by atoms with Crippen LogP contribution in [0.3, 0.4) is 0 Å². The van der Waals surface area contributed by atoms with E-state index in [1.807, 2.05) is 25.1 Å². The molecule has 0 saturated carbocycles. The predicted octanol–water partition coefficient (Wildman–Crippen LogP) is 1.11. The lowest BCUT2D eigenvalue weighted by Crippen LogP contribution is -1.99. The van der Waals surface area contributed by atoms with Gasteiger partial charge in [-0.05, 0) is 30.5 Å². The SMILES string of the molecule is Cc1cccc(N)c1CCO. The van der Waals surface area contributed by atoms with Gasteiger partial charge >= 0.3 is 0 Å². The first-order chi connectivity index (χ1) is 5.25. The summed E-state index contributed by atoms with van der Waals surface area (Å²) in [5.41, 5.74) is 8.69. The van der Waals surface area contributed by atoms with Gasteiger partial charge in [0.05, 0.1) is 0 Å². The molecule has 2 heteroatoms. The van der Waals surface area contributed by atoms with E-state index < -0.39 is 0 Å². The second kappa shape index (κ2) is 3.39. The van der Waals surface area contributed by atoms with E-state index in [1.54, 1.807) is 0 Å². The van der Waals surface area contributed by atoms with E-state index in [0.29, 0.717) is 6.42 Å². The molecule has 0 atom stereocenters. The van der Waals surface area contributed by atoms with Crippen LogP contribution in [0, 0.1) is 6.92 Å². The Kier molecular flexibility index (Phi) is 2.49. The minimum absolute atomic E-state index is 0.162. The van der Waals surface area contributed by atoms with Crippen LogP contribution in [-0.2, 0) is 6.42 Å². The molecule has 0 unspecified atom stereocenters. The third kappa shape index (κ3) is 1.71. The quantitative estimate of drug-likeness (QED) is 0.622. The van der Waals surface area contributed by atoms with E-state index in [4.69, 9.17) is 10.8 Å². The number of rotatable bonds is 2. The Morgan fingerprint density at radius 2 is 2.18 bits per heavy atom. The standard InChI is InChI=1S/C9H13NO/c1-7-3-2-4-9(10)8(7)5-6-11/h2-4,11H,5-6,10H2,1H3. The zero-order valence-electron chi connectivity index (χ0n) is 6.67. The number of nitrogen functional groups attached to an aromatic ring is 1. The van der Waals surface area contributed by atoms with Gasteiger partial charge in [0.1, 0.15) is 0 Å². The highest BCUT2D eigenvalue weighted by atomic mass is 16.2. The predicted molar refractivity (Wildman–Crippen MR) is 46.4 cm³/mol. The average Bonchev–Trinajstić information content (AvgIpc) is 1.97. The van der Waals surface area contributed by atoms with Crippen molar-refractivity contribution in [2.45, 2.75) is 13.3 Å². The van der Waals surface area contributed by atoms with Crippen molar-refractivity contribution in [1.82, 2.24) is 0 Å². The number of nitrogens with two attached hydrogens (primary N) is 1. The number of aryl methyl sites for hydroxylation is 1. The van der Waals surface area contributed by atoms with Crippen LogP contribution < -0.4 is 5.73 Å². The van der Waals surface area contributed by atoms with Gasteiger partial charge in [0.2, 0.25) is 0 Å². The fourth-order valence-corrected chi connectivity index (χ4v) is 1.18. The lowest BCUT2D eigenvalue weighted by molar-refractivity contribution is 0.299. The Morgan fingerprint density at radius 3 is 2.73 bits per heavy atom. The first kappa shape index (κ1) is 8.08. The Hall–Kier alpha value is -1.02. The van der Waals surface area contributed by atoms with E-state index >= 15 is 0 Å². The van der Waals surface area contributed by atoms with Crippen LogP contribution in [0.1, 0.15) is 11.1 Å². The zero-order valence-corrected chi connectivity index (χ0v) is 6.67. The second-order valence-corrected chi connectivity index (χ2v) is 2.62. The number of benzene rings is 1. The maximum Gasteiger partial charge on any atom is 0.0472 e. The van der Waals surface area contributed by atoms with Gasteiger partial charge in [0.25, 0.3) is 0 Å². The summed E-state index contributed by atoms with van der Waals surface area (Å²) in [5, 5.41) is 8.71. The summed E-state index contributed by atoms with van der Waals surface area (Å²) in [6, 6.07) is 5.78. The topological polar surface area (TPSA) is 46.2 Å². The number of hydrogen-bond acceptors (Lipinski definition) is 2. The Balaban J connectivity index is 3.00. The van der Waals surface area contributed by atoms with E-state index in [2.05, 4.69) is 0 Å². The summed E-state index contributed by atoms with van der Waals surface area (Å²) in [4.78, 5) is 0. The molecule has 0 saturated heterocycles. The van der Waals surface area contributed by atoms with Gasteiger partial charge in [-0.3, -0.25) is 0 Å². The summed E-state index contributed by atoms with van der Waals surface area (Å²) in [6.45, 7) is 2.16. The van der Waals surface area contributed by atoms with Gasteiger partial charge in [-0.2, -0.15) is 0 Å². The number of hydrogen-bond donors (Lipinski definition) is 2. The fourth-order valence-electron chi connectivity index (χ4n) is 1.18. The van der Waals surface area contributed by atoms with Gasteiger partial charge in [0, 0.05) is 12.3 Å². The fraction of sp³-hybridized carbons (Fsp3) is 0.333. The normalized spacial score (nSPS) is 10.0. The Labute approximate surface area is 66.7 Å². The lowest BCUT2D eigenvalue weighted by Gasteiger charge is -2.06. The van der Waals surface area contributed by atoms with Crippen LogP contribution in [0.5, 0.6) is 0 Å². The molecule has 0 fully saturated rings. The monoisotopic (exact) mass is 151 g/mol. The van der Waals surface area contributed by atoms with Crippen LogP contribution in [-0.4, -0.2) is 11.7 Å². The third-order valence-corrected chi connectivity index (χ3v) is 1.81. The largest absolute Gasteiger partial charge is 0.398 e. The van der Waals surface area contributed by atoms with Crippen molar-refractivity contribution in [3.8, 4) is 0 Å². The maximum atomic E-state index is 8.71. The highest BCUT2D eigenvalue weighted by molar-refractivity contribution is 5.50. The van der Waals surface area contributed by atoms with Crippen LogP contribution in [0.25, 0.3) is 0 Å². The van der Waals surface area contributed by atoms with Crippen molar-refractivity contribution in [2.75, 3.05) is 12.3 Å². The van der Waals surface area contributed by atoms with Crippen LogP contribution in [0.2, 0.25) is 0 Å². The molecule has 0 bridgehead atoms. The first-order valence-corrected chi connectivity index (χ1v) is 3.70. The van der Waals surface area contributed by atoms with E-state index in [9.17, 15) is 0 Å². The first-order valence-electron chi connectivity index (χ1n) is 3.70. The molecule has 0 aliphatic heterocycles. The Bertz CT molecular complexity index is 225. The molecule has 3 N–H and O–H groups in total. The number of aliphatic hydroxyl groups is 1. The lowest BCUT2D eigenvalue weighted by atomic mass is 10.0. The minimum Gasteiger partial charge on any atom is -0.398 e. The Morgan fingerprint density at radius 1 is 1.45 bits per heavy atom. The molecule has 1 aromatic rings. The molecule has 0 aromatic heterocycles. The highest BCUT2D eigenvalue weighted by Gasteiger charge is 2.00. The van der Waals surface area contributed by atoms with Crippen molar-refractivity contribution < 1.29 is 5.11 Å². The molecule has 1 rings (SSSR count). The molecule has 1 aromatic carbocycles. The summed E-state index contributed by atoms with van der Waals surface area (Å²) in [5.74, 6) is 0. The summed E-state index contributed by atoms with van der Waals surface area (Å²) in [7, 11) is 0. The summed E-state index contributed by atoms with van der Waals surface area (Å²) in [6.07, 6.45) is 0.651. The molecule has 0 aliphatic rings. The zero-order chi connectivity index (χ0) is 8.27. The smallest absolute Gasteiger partial charge is 0.0472 e. The number of anilines is 1. The van der Waals surface area contributed by atoms with Crippen molar-refractivity contribution in [3.63, 3.8) is 0 Å². The molecular formula is C9H13NO. The molecule has 0 spiro atoms. The van der Waals surface area contributed by atoms with Gasteiger partial charge in [-0.1, -0.05) is 12.1 Å². The maximum absolute atomic E-state index is 8.71. The van der Waals surface area contributed by atoms with Crippen LogP contribution in [0.15, 0.2) is 18.2 Å². The van der Waals surface area contributed by atoms with Crippen molar-refractivity contribution in [3.05, 3.63) is 29.3 Å². The molecule has 60 valence electrons. The number of aliphatic hydroxyl groups excluding tert-OH is 1. The molecular weight excluding hydrogens is 138 g/mol. The van der Waals surface area contributed by atoms with E-state index in [1.165, 1.54) is 0 Å². The summed E-state index contributed by atoms with van der Waals surface area (Å²) >= 11 is 0. The van der Waals surface area contributed by atoms with Crippen LogP contribution in [0.4, 0.5) is 5.69 Å². The third-order valence-electron chi connectivity index (χ3n) is 1.81. The van der Waals surface area contributed by atoms with Gasteiger partial charge in [0.15, 0.2) is 0 Å². The van der Waals surface area contributed by atoms with Gasteiger partial charge < -0.3 is 10.8 Å². The van der Waals surface area contributed by atoms with Gasteiger partial charge in [-0.25, -0.2) is 0 Å². The summed E-state index contributed by atoms with van der Waals surface area (Å²) < 4.78 is 0. The van der Waals surface area contributed by atoms with Crippen LogP contribution >= 0.6 is 0 Å². The minimum atomic E-state index is 0.162. The van der Waals surface area contributed by atoms with Crippen molar-refractivity contribution in [1.29, 1.82) is 0 Å². The van der Waals surface area contributed by atoms with Gasteiger partial charge in [-0.15, -0.1) is 0 Å². The molecule has 0 amide bonds. The average molecular weight is 151 g/mol. The molecule has 0 radical (unpaired) electrons. The molecule has 11 heavy (non-hydrogen) atoms. The highest BCUT2D eigenvalue weighted by Crippen LogP contribution is 2.15. The van der Waals surface area contributed by atoms with Crippen molar-refractivity contribution >= 4 is 5.69 Å². The van der Waals surface area contributed by atoms with Crippen molar-refractivity contribution in [2.24, 2.45) is 0 Å². The molecule has 0 aliphatic carbocycles. The van der Waals surface area contributed by atoms with E-state index in [-0.39, 0.29) is 6.61 Å². The second-order valence-electron chi connectivity index (χ2n) is 2.62.